The summed E-state index contributed by atoms with van der Waals surface area (Å²) in [6.07, 6.45) is -3.54. The first-order chi connectivity index (χ1) is 64.8. The summed E-state index contributed by atoms with van der Waals surface area (Å²) in [6.45, 7) is 2.25. The van der Waals surface area contributed by atoms with Gasteiger partial charge in [-0.25, -0.2) is 4.98 Å². The van der Waals surface area contributed by atoms with Crippen molar-refractivity contribution in [3.63, 3.8) is 0 Å². The number of para-hydroxylation sites is 1. The average Bonchev–Trinajstić information content (AvgIpc) is 0.863. The minimum absolute atomic E-state index is 0.00468. The third kappa shape index (κ3) is 26.1. The van der Waals surface area contributed by atoms with Gasteiger partial charge in [0.25, 0.3) is 0 Å². The molecule has 0 spiro atoms. The first-order valence-corrected chi connectivity index (χ1v) is 44.9. The predicted molar refractivity (Wildman–Crippen MR) is 480 cm³/mol. The number of hydrogen-bond acceptors (Lipinski definition) is 29. The number of benzene rings is 4. The van der Waals surface area contributed by atoms with Crippen LogP contribution in [-0.4, -0.2) is 282 Å². The number of phenols is 3. The highest BCUT2D eigenvalue weighted by atomic mass is 16.7. The monoisotopic (exact) mass is 1890 g/mol. The molecule has 0 bridgehead atoms. The summed E-state index contributed by atoms with van der Waals surface area (Å²) < 4.78 is 22.9. The number of primary amides is 1. The second-order valence-corrected chi connectivity index (χ2v) is 34.8. The molecule has 11 rings (SSSR count). The summed E-state index contributed by atoms with van der Waals surface area (Å²) in [7, 11) is 1.26. The van der Waals surface area contributed by atoms with E-state index in [0.717, 1.165) is 0 Å². The average molecular weight is 1890 g/mol. The second kappa shape index (κ2) is 46.8. The molecule has 15 atom stereocenters. The van der Waals surface area contributed by atoms with Gasteiger partial charge in [0, 0.05) is 123 Å². The van der Waals surface area contributed by atoms with E-state index in [0.29, 0.717) is 34.1 Å². The molecule has 6 aromatic rings. The number of aromatic nitrogens is 3. The van der Waals surface area contributed by atoms with Crippen molar-refractivity contribution in [3.8, 4) is 23.0 Å². The van der Waals surface area contributed by atoms with Crippen molar-refractivity contribution in [1.82, 2.24) is 78.3 Å². The van der Waals surface area contributed by atoms with Crippen molar-refractivity contribution in [2.24, 2.45) is 23.1 Å². The van der Waals surface area contributed by atoms with Crippen molar-refractivity contribution in [3.05, 3.63) is 136 Å². The number of rotatable bonds is 46. The van der Waals surface area contributed by atoms with Gasteiger partial charge in [-0.2, -0.15) is 0 Å². The summed E-state index contributed by atoms with van der Waals surface area (Å²) in [4.78, 5) is 236. The number of Topliss-reactive ketones (excluding diaryl/α,β-unsaturated/α-hetero) is 1. The molecule has 45 nitrogen and oxygen atoms in total. The van der Waals surface area contributed by atoms with E-state index in [1.807, 2.05) is 0 Å². The lowest BCUT2D eigenvalue weighted by atomic mass is 9.72. The number of nitrogens with one attached hydrogen (secondary N) is 14. The molecule has 3 aliphatic heterocycles. The Balaban J connectivity index is 0.786. The summed E-state index contributed by atoms with van der Waals surface area (Å²) in [5.41, 5.74) is 14.0. The molecule has 5 aliphatic rings. The van der Waals surface area contributed by atoms with Crippen LogP contribution in [0.1, 0.15) is 183 Å². The van der Waals surface area contributed by atoms with E-state index in [9.17, 15) is 97.8 Å². The largest absolute Gasteiger partial charge is 0.508 e. The molecule has 26 N–H and O–H groups in total. The lowest BCUT2D eigenvalue weighted by molar-refractivity contribution is -0.247. The number of imidazole rings is 1. The minimum atomic E-state index is -2.58. The van der Waals surface area contributed by atoms with Crippen LogP contribution in [0.5, 0.6) is 23.0 Å². The van der Waals surface area contributed by atoms with Gasteiger partial charge in [0.05, 0.1) is 67.3 Å². The van der Waals surface area contributed by atoms with Gasteiger partial charge in [-0.3, -0.25) is 82.1 Å². The van der Waals surface area contributed by atoms with Gasteiger partial charge in [-0.1, -0.05) is 56.3 Å². The van der Waals surface area contributed by atoms with E-state index >= 15 is 9.59 Å². The number of unbranched alkanes of at least 4 members (excludes halogenated alkanes) is 1. The van der Waals surface area contributed by atoms with E-state index < -0.39 is 247 Å². The van der Waals surface area contributed by atoms with Crippen molar-refractivity contribution in [2.45, 2.75) is 233 Å². The number of phenolic OH excluding ortho intramolecular Hbond substituents is 3. The van der Waals surface area contributed by atoms with Crippen molar-refractivity contribution in [2.75, 3.05) is 46.5 Å². The number of carbonyl (C=O) groups excluding carboxylic acids is 16. The van der Waals surface area contributed by atoms with Gasteiger partial charge in [-0.15, -0.1) is 0 Å². The van der Waals surface area contributed by atoms with Gasteiger partial charge < -0.3 is 140 Å². The van der Waals surface area contributed by atoms with Crippen LogP contribution in [-0.2, 0) is 107 Å². The number of carbonyl (C=O) groups is 16. The fraction of sp³-hybridized carbons (Fsp3) is 0.495. The zero-order valence-corrected chi connectivity index (χ0v) is 75.4. The fourth-order valence-electron chi connectivity index (χ4n) is 17.2. The van der Waals surface area contributed by atoms with Crippen LogP contribution in [0, 0.1) is 11.3 Å². The van der Waals surface area contributed by atoms with Crippen molar-refractivity contribution >= 4 is 111 Å². The lowest BCUT2D eigenvalue weighted by Crippen LogP contribution is -2.61. The van der Waals surface area contributed by atoms with E-state index in [1.54, 1.807) is 44.3 Å². The molecular weight excluding hydrogens is 1780 g/mol. The number of aliphatic hydroxyl groups excluding tert-OH is 2. The van der Waals surface area contributed by atoms with Crippen molar-refractivity contribution in [1.29, 1.82) is 5.41 Å². The predicted octanol–water partition coefficient (Wildman–Crippen LogP) is -2.79. The molecule has 136 heavy (non-hydrogen) atoms. The maximum atomic E-state index is 15.3. The summed E-state index contributed by atoms with van der Waals surface area (Å²) in [5.74, 6) is -16.6. The minimum Gasteiger partial charge on any atom is -0.508 e. The van der Waals surface area contributed by atoms with Gasteiger partial charge >= 0.3 is 5.97 Å². The van der Waals surface area contributed by atoms with Crippen LogP contribution in [0.25, 0.3) is 10.9 Å². The highest BCUT2D eigenvalue weighted by molar-refractivity contribution is 6.31. The summed E-state index contributed by atoms with van der Waals surface area (Å²) in [5, 5.41) is 106. The number of nitrogens with two attached hydrogens (primary N) is 3. The smallest absolute Gasteiger partial charge is 0.306 e. The van der Waals surface area contributed by atoms with E-state index in [-0.39, 0.29) is 161 Å². The van der Waals surface area contributed by atoms with Crippen LogP contribution in [0.3, 0.4) is 0 Å². The number of methoxy groups -OCH3 is 1. The number of amides is 12. The molecule has 0 saturated carbocycles. The topological polar surface area (TPSA) is 713 Å². The number of aromatic hydroxyl groups is 3. The van der Waals surface area contributed by atoms with Crippen LogP contribution < -0.4 is 80.4 Å². The number of esters is 1. The van der Waals surface area contributed by atoms with Crippen LogP contribution in [0.4, 0.5) is 0 Å². The number of nitrogens with zero attached hydrogens (tertiary/aromatic N) is 2. The Morgan fingerprint density at radius 3 is 2.01 bits per heavy atom. The molecule has 45 heteroatoms. The Morgan fingerprint density at radius 1 is 0.691 bits per heavy atom. The quantitative estimate of drug-likeness (QED) is 0.00603. The highest BCUT2D eigenvalue weighted by Crippen LogP contribution is 2.53. The van der Waals surface area contributed by atoms with Gasteiger partial charge in [0.2, 0.25) is 82.5 Å². The Labute approximate surface area is 779 Å². The molecular formula is C91H117N19O26. The first-order valence-electron chi connectivity index (χ1n) is 44.9. The normalized spacial score (nSPS) is 20.3. The maximum absolute atomic E-state index is 15.3. The van der Waals surface area contributed by atoms with Gasteiger partial charge in [0.1, 0.15) is 83.0 Å². The maximum Gasteiger partial charge on any atom is 0.306 e. The SMILES string of the molecule is COc1cccc2c1C(=O)c1c(O)c3c(c(O)c1C2=O)C[C@@](O)(C(=O)COC(=O)CCCC(=O)NCCCC[C@@H](NC(=O)[C@H](Cc1ccc(O)cc1)NC(=O)[C@H](CO)NC(=O)[C@H](Cc1c[nH]c2ccccc12)NC(=O)[C@H](Cc1c[nH]cn1)NC(=O)[C@@H]1CCC(=O)N1)C(=O)N[C@@H](CC(C)C)C(=O)N[C@@H](CCCNC(=N)N)C(=O)N1CCC[C@H]1C(=O)NCC(N)=O)C[C@@H]3OC1CC(N)C(O)C(C)O1. The number of aromatic amines is 2. The number of ketones is 3. The fourth-order valence-corrected chi connectivity index (χ4v) is 17.2. The lowest BCUT2D eigenvalue weighted by Gasteiger charge is -2.42. The number of H-pyrrole nitrogens is 2. The Bertz CT molecular complexity index is 5450. The standard InChI is InChI=1S/C91H117N19O26/c1-44(2)31-58(83(125)104-57(17-11-29-98-90(94)95)89(131)110-30-12-18-63(110)88(130)100-40-67(93)114)105-81(123)55(16-7-8-28-97-68(115)20-10-21-70(117)134-42-66(113)91(132)36-52-73(65(37-91)136-71-35-53(92)76(118)45(3)135-71)80(122)75-74(78(52)120)77(119)51-14-9-19-64(133-4)72(51)79(75)121)103-84(126)59(32-46-22-24-49(112)25-23-46)106-87(129)62(41-111)109-85(127)60(33-47-38-99-54-15-6-5-13-50(47)54)107-86(128)61(34-48-39-96-43-101-48)108-82(124)56-26-27-69(116)102-56/h5-6,9,13-15,19,22-25,38-39,43-45,53,55-63,65,71,76,99,111-112,118,120,122,132H,7-8,10-12,16-18,20-21,26-37,40-42,92H2,1-4H3,(H2,93,114)(H,96,101)(H,97,115)(H,100,130)(H,102,116)(H,103,126)(H,104,125)(H,105,123)(H,106,129)(H,107,128)(H,108,124)(H,109,127)(H4,94,95,98)/t45?,53?,55-,56+,57+,58+,59+,60+,61+,62+,63+,65+,71?,76?,91+/m1/s1. The number of fused-ring (bicyclic) bond motifs is 4. The number of aliphatic hydroxyl groups is 3. The number of likely N-dealkylation sites (tertiary alicyclic amines) is 1. The molecule has 732 valence electrons. The van der Waals surface area contributed by atoms with E-state index in [1.165, 1.54) is 73.9 Å². The Morgan fingerprint density at radius 2 is 1.34 bits per heavy atom. The molecule has 12 amide bonds. The van der Waals surface area contributed by atoms with Crippen LogP contribution >= 0.6 is 0 Å². The van der Waals surface area contributed by atoms with Crippen molar-refractivity contribution < 1.29 is 126 Å². The zero-order valence-electron chi connectivity index (χ0n) is 75.4. The third-order valence-electron chi connectivity index (χ3n) is 24.4. The molecule has 4 aromatic carbocycles. The highest BCUT2D eigenvalue weighted by Gasteiger charge is 2.52. The summed E-state index contributed by atoms with van der Waals surface area (Å²) in [6, 6.07) is 2.47. The van der Waals surface area contributed by atoms with Gasteiger partial charge in [0.15, 0.2) is 24.6 Å². The number of hydrogen-bond donors (Lipinski definition) is 23. The molecule has 2 aliphatic carbocycles. The van der Waals surface area contributed by atoms with E-state index in [2.05, 4.69) is 73.4 Å². The summed E-state index contributed by atoms with van der Waals surface area (Å²) >= 11 is 0. The van der Waals surface area contributed by atoms with Crippen LogP contribution in [0.15, 0.2) is 85.5 Å². The van der Waals surface area contributed by atoms with E-state index in [4.69, 9.17) is 41.6 Å². The molecule has 4 unspecified atom stereocenters. The molecule has 0 radical (unpaired) electrons. The second-order valence-electron chi connectivity index (χ2n) is 34.8. The molecule has 2 aromatic heterocycles. The number of guanidine groups is 1. The molecule has 3 fully saturated rings. The number of ether oxygens (including phenoxy) is 4. The van der Waals surface area contributed by atoms with Crippen LogP contribution in [0.2, 0.25) is 0 Å². The third-order valence-corrected chi connectivity index (χ3v) is 24.4. The Kier molecular flexibility index (Phi) is 35.2. The van der Waals surface area contributed by atoms with Gasteiger partial charge in [-0.05, 0) is 112 Å². The molecule has 3 saturated heterocycles. The zero-order chi connectivity index (χ0) is 98.5. The Hall–Kier alpha value is -14.0. The molecule has 5 heterocycles. The first kappa shape index (κ1) is 102.